The van der Waals surface area contributed by atoms with E-state index < -0.39 is 29.6 Å². The van der Waals surface area contributed by atoms with Crippen molar-refractivity contribution in [2.24, 2.45) is 17.8 Å². The van der Waals surface area contributed by atoms with Gasteiger partial charge in [-0.2, -0.15) is 8.78 Å². The molecule has 0 radical (unpaired) electrons. The van der Waals surface area contributed by atoms with Gasteiger partial charge in [-0.25, -0.2) is 0 Å². The molecular formula is C23H38F2O5. The van der Waals surface area contributed by atoms with Crippen molar-refractivity contribution in [1.82, 2.24) is 0 Å². The van der Waals surface area contributed by atoms with Crippen molar-refractivity contribution in [3.8, 4) is 0 Å². The molecule has 7 heteroatoms. The summed E-state index contributed by atoms with van der Waals surface area (Å²) in [6.45, 7) is 3.20. The maximum Gasteiger partial charge on any atom is 0.307 e. The molecule has 174 valence electrons. The van der Waals surface area contributed by atoms with Gasteiger partial charge in [0.1, 0.15) is 5.78 Å². The van der Waals surface area contributed by atoms with Crippen LogP contribution in [0, 0.1) is 17.8 Å². The largest absolute Gasteiger partial charge is 0.469 e. The van der Waals surface area contributed by atoms with Crippen molar-refractivity contribution in [3.05, 3.63) is 0 Å². The SMILES string of the molecule is CCCC(C)C(F)(F)C(=O)CC[C@H]1[C@H](O)CC(=O)[C@@H]1CCCCCCCC(=O)OC. The Bertz CT molecular complexity index is 564. The van der Waals surface area contributed by atoms with Crippen molar-refractivity contribution in [2.45, 2.75) is 103 Å². The number of hydrogen-bond acceptors (Lipinski definition) is 5. The number of esters is 1. The van der Waals surface area contributed by atoms with Crippen molar-refractivity contribution in [3.63, 3.8) is 0 Å². The van der Waals surface area contributed by atoms with Gasteiger partial charge >= 0.3 is 11.9 Å². The van der Waals surface area contributed by atoms with E-state index in [-0.39, 0.29) is 43.4 Å². The lowest BCUT2D eigenvalue weighted by Crippen LogP contribution is -2.36. The Balaban J connectivity index is 2.44. The molecule has 1 saturated carbocycles. The fraction of sp³-hybridized carbons (Fsp3) is 0.870. The van der Waals surface area contributed by atoms with Crippen molar-refractivity contribution >= 4 is 17.5 Å². The van der Waals surface area contributed by atoms with E-state index in [4.69, 9.17) is 0 Å². The van der Waals surface area contributed by atoms with Gasteiger partial charge in [-0.05, 0) is 31.6 Å². The lowest BCUT2D eigenvalue weighted by Gasteiger charge is -2.24. The minimum atomic E-state index is -3.36. The third-order valence-electron chi connectivity index (χ3n) is 6.38. The van der Waals surface area contributed by atoms with Gasteiger partial charge in [0.05, 0.1) is 13.2 Å². The Kier molecular flexibility index (Phi) is 11.7. The number of hydrogen-bond donors (Lipinski definition) is 1. The predicted octanol–water partition coefficient (Wildman–Crippen LogP) is 4.88. The zero-order chi connectivity index (χ0) is 22.7. The fourth-order valence-electron chi connectivity index (χ4n) is 4.40. The number of methoxy groups -OCH3 is 1. The van der Waals surface area contributed by atoms with Crippen LogP contribution in [0.2, 0.25) is 0 Å². The molecule has 30 heavy (non-hydrogen) atoms. The quantitative estimate of drug-likeness (QED) is 0.295. The second-order valence-corrected chi connectivity index (χ2v) is 8.67. The highest BCUT2D eigenvalue weighted by Gasteiger charge is 2.45. The number of unbranched alkanes of at least 4 members (excludes halogenated alkanes) is 4. The lowest BCUT2D eigenvalue weighted by atomic mass is 9.84. The van der Waals surface area contributed by atoms with E-state index in [0.717, 1.165) is 32.1 Å². The van der Waals surface area contributed by atoms with Gasteiger partial charge in [0.2, 0.25) is 5.78 Å². The smallest absolute Gasteiger partial charge is 0.307 e. The highest BCUT2D eigenvalue weighted by atomic mass is 19.3. The summed E-state index contributed by atoms with van der Waals surface area (Å²) < 4.78 is 33.1. The molecule has 0 aromatic heterocycles. The average Bonchev–Trinajstić information content (AvgIpc) is 2.97. The van der Waals surface area contributed by atoms with Gasteiger partial charge in [-0.15, -0.1) is 0 Å². The highest BCUT2D eigenvalue weighted by Crippen LogP contribution is 2.38. The molecule has 1 aliphatic carbocycles. The number of aliphatic hydroxyl groups excluding tert-OH is 1. The number of aliphatic hydroxyl groups is 1. The summed E-state index contributed by atoms with van der Waals surface area (Å²) in [7, 11) is 1.37. The van der Waals surface area contributed by atoms with Gasteiger partial charge in [0.25, 0.3) is 0 Å². The minimum absolute atomic E-state index is 0.0308. The normalized spacial score (nSPS) is 22.9. The summed E-state index contributed by atoms with van der Waals surface area (Å²) in [6.07, 6.45) is 5.21. The molecule has 0 aliphatic heterocycles. The van der Waals surface area contributed by atoms with E-state index in [9.17, 15) is 28.3 Å². The summed E-state index contributed by atoms with van der Waals surface area (Å²) in [5.74, 6) is -6.46. The van der Waals surface area contributed by atoms with Gasteiger partial charge in [0.15, 0.2) is 0 Å². The maximum atomic E-state index is 14.3. The number of rotatable bonds is 15. The van der Waals surface area contributed by atoms with E-state index in [1.54, 1.807) is 6.92 Å². The summed E-state index contributed by atoms with van der Waals surface area (Å²) in [5.41, 5.74) is 0. The van der Waals surface area contributed by atoms with E-state index >= 15 is 0 Å². The van der Waals surface area contributed by atoms with E-state index in [1.807, 2.05) is 0 Å². The number of Topliss-reactive ketones (excluding diaryl/α,β-unsaturated/α-hetero) is 2. The van der Waals surface area contributed by atoms with Gasteiger partial charge in [-0.1, -0.05) is 46.0 Å². The molecule has 0 spiro atoms. The maximum absolute atomic E-state index is 14.3. The molecular weight excluding hydrogens is 394 g/mol. The molecule has 0 heterocycles. The fourth-order valence-corrected chi connectivity index (χ4v) is 4.40. The minimum Gasteiger partial charge on any atom is -0.469 e. The summed E-state index contributed by atoms with van der Waals surface area (Å²) >= 11 is 0. The molecule has 0 amide bonds. The Labute approximate surface area is 178 Å². The van der Waals surface area contributed by atoms with Crippen LogP contribution in [0.15, 0.2) is 0 Å². The third kappa shape index (κ3) is 8.05. The summed E-state index contributed by atoms with van der Waals surface area (Å²) in [5, 5.41) is 10.2. The topological polar surface area (TPSA) is 80.7 Å². The van der Waals surface area contributed by atoms with Crippen molar-refractivity contribution in [1.29, 1.82) is 0 Å². The van der Waals surface area contributed by atoms with Crippen LogP contribution < -0.4 is 0 Å². The second kappa shape index (κ2) is 13.1. The molecule has 0 aromatic rings. The van der Waals surface area contributed by atoms with E-state index in [2.05, 4.69) is 4.74 Å². The standard InChI is InChI=1S/C23H38F2O5/c1-4-10-16(2)23(24,25)21(28)14-13-18-17(19(26)15-20(18)27)11-8-6-5-7-9-12-22(29)30-3/h16-18,20,27H,4-15H2,1-3H3/t16?,17-,18-,20-/m1/s1. The molecule has 5 nitrogen and oxygen atoms in total. The molecule has 4 atom stereocenters. The highest BCUT2D eigenvalue weighted by molar-refractivity contribution is 5.86. The molecule has 1 rings (SSSR count). The Morgan fingerprint density at radius 1 is 1.13 bits per heavy atom. The number of carbonyl (C=O) groups is 3. The second-order valence-electron chi connectivity index (χ2n) is 8.67. The van der Waals surface area contributed by atoms with Crippen LogP contribution in [0.25, 0.3) is 0 Å². The molecule has 0 saturated heterocycles. The third-order valence-corrected chi connectivity index (χ3v) is 6.38. The van der Waals surface area contributed by atoms with E-state index in [1.165, 1.54) is 14.0 Å². The zero-order valence-corrected chi connectivity index (χ0v) is 18.6. The van der Waals surface area contributed by atoms with Crippen LogP contribution in [-0.2, 0) is 19.1 Å². The molecule has 1 aliphatic rings. The number of ketones is 2. The van der Waals surface area contributed by atoms with Crippen LogP contribution in [0.5, 0.6) is 0 Å². The van der Waals surface area contributed by atoms with Gasteiger partial charge < -0.3 is 9.84 Å². The first-order valence-electron chi connectivity index (χ1n) is 11.3. The Morgan fingerprint density at radius 3 is 2.40 bits per heavy atom. The van der Waals surface area contributed by atoms with Crippen LogP contribution in [0.3, 0.4) is 0 Å². The van der Waals surface area contributed by atoms with Gasteiger partial charge in [-0.3, -0.25) is 14.4 Å². The van der Waals surface area contributed by atoms with Crippen LogP contribution in [-0.4, -0.2) is 41.8 Å². The van der Waals surface area contributed by atoms with Crippen LogP contribution >= 0.6 is 0 Å². The first-order chi connectivity index (χ1) is 14.1. The lowest BCUT2D eigenvalue weighted by molar-refractivity contribution is -0.151. The first kappa shape index (κ1) is 26.7. The first-order valence-corrected chi connectivity index (χ1v) is 11.3. The molecule has 0 aromatic carbocycles. The Morgan fingerprint density at radius 2 is 1.77 bits per heavy atom. The molecule has 1 unspecified atom stereocenters. The zero-order valence-electron chi connectivity index (χ0n) is 18.6. The van der Waals surface area contributed by atoms with Crippen LogP contribution in [0.1, 0.15) is 90.9 Å². The predicted molar refractivity (Wildman–Crippen MR) is 110 cm³/mol. The summed E-state index contributed by atoms with van der Waals surface area (Å²) in [4.78, 5) is 35.4. The van der Waals surface area contributed by atoms with E-state index in [0.29, 0.717) is 19.3 Å². The van der Waals surface area contributed by atoms with Crippen molar-refractivity contribution < 1.29 is 33.0 Å². The molecule has 1 fully saturated rings. The molecule has 0 bridgehead atoms. The van der Waals surface area contributed by atoms with Gasteiger partial charge in [0, 0.05) is 31.1 Å². The number of alkyl halides is 2. The number of ether oxygens (including phenoxy) is 1. The monoisotopic (exact) mass is 432 g/mol. The number of halogens is 2. The van der Waals surface area contributed by atoms with Crippen LogP contribution in [0.4, 0.5) is 8.78 Å². The summed E-state index contributed by atoms with van der Waals surface area (Å²) in [6, 6.07) is 0. The molecule has 1 N–H and O–H groups in total. The number of carbonyl (C=O) groups excluding carboxylic acids is 3. The average molecular weight is 433 g/mol. The Hall–Kier alpha value is -1.37. The van der Waals surface area contributed by atoms with Crippen molar-refractivity contribution in [2.75, 3.05) is 7.11 Å².